The maximum Gasteiger partial charge on any atom is 0.258 e. The smallest absolute Gasteiger partial charge is 0.258 e. The lowest BCUT2D eigenvalue weighted by molar-refractivity contribution is -0.125. The van der Waals surface area contributed by atoms with Crippen molar-refractivity contribution in [3.05, 3.63) is 94.8 Å². The van der Waals surface area contributed by atoms with Crippen LogP contribution in [0.1, 0.15) is 24.3 Å². The molecule has 1 saturated carbocycles. The minimum atomic E-state index is -2.79. The van der Waals surface area contributed by atoms with Crippen LogP contribution in [0.15, 0.2) is 60.2 Å². The number of hydrogen-bond acceptors (Lipinski definition) is 6. The number of benzene rings is 3. The Hall–Kier alpha value is -4.49. The lowest BCUT2D eigenvalue weighted by atomic mass is 9.56. The Kier molecular flexibility index (Phi) is 7.19. The highest BCUT2D eigenvalue weighted by Gasteiger charge is 2.77. The summed E-state index contributed by atoms with van der Waals surface area (Å²) in [6.07, 6.45) is 0.805. The second-order valence-electron chi connectivity index (χ2n) is 11.9. The molecule has 0 radical (unpaired) electrons. The van der Waals surface area contributed by atoms with Gasteiger partial charge < -0.3 is 9.84 Å². The van der Waals surface area contributed by atoms with Crippen LogP contribution in [0.4, 0.5) is 33.3 Å². The van der Waals surface area contributed by atoms with E-state index in [1.807, 2.05) is 0 Å². The van der Waals surface area contributed by atoms with Crippen molar-refractivity contribution >= 4 is 58.2 Å². The van der Waals surface area contributed by atoms with Gasteiger partial charge in [-0.25, -0.2) is 26.9 Å². The third kappa shape index (κ3) is 3.88. The number of carbonyl (C=O) groups is 4. The summed E-state index contributed by atoms with van der Waals surface area (Å²) in [5.74, 6) is -22.4. The Morgan fingerprint density at radius 3 is 2.04 bits per heavy atom. The van der Waals surface area contributed by atoms with Crippen molar-refractivity contribution in [1.82, 2.24) is 0 Å². The van der Waals surface area contributed by atoms with Gasteiger partial charge in [0, 0.05) is 11.5 Å². The van der Waals surface area contributed by atoms with Crippen molar-refractivity contribution < 1.29 is 51.0 Å². The predicted octanol–water partition coefficient (Wildman–Crippen LogP) is 5.86. The van der Waals surface area contributed by atoms with Gasteiger partial charge in [0.1, 0.15) is 17.2 Å². The van der Waals surface area contributed by atoms with E-state index in [-0.39, 0.29) is 33.9 Å². The molecule has 3 aromatic rings. The van der Waals surface area contributed by atoms with Gasteiger partial charge in [-0.3, -0.25) is 24.1 Å². The number of halogens is 7. The van der Waals surface area contributed by atoms with E-state index >= 15 is 8.78 Å². The maximum absolute atomic E-state index is 15.2. The molecule has 7 rings (SSSR count). The van der Waals surface area contributed by atoms with Crippen molar-refractivity contribution in [2.45, 2.75) is 28.5 Å². The number of para-hydroxylation sites is 1. The fraction of sp³-hybridized carbons (Fsp3) is 0.273. The highest BCUT2D eigenvalue weighted by Crippen LogP contribution is 2.67. The SMILES string of the molecule is COc1cccc(O)c1[C@H]1C2=CC[C@@H]3C(=O)N(c4ccccc4)C(=O)[C@@H]3[C@@H]2C[C@@]2(Cl)C(=O)N(c3c(F)c(F)c(F)c(F)c3F)C(=O)[C@@]12Cl. The quantitative estimate of drug-likeness (QED) is 0.0910. The number of anilines is 2. The first-order valence-corrected chi connectivity index (χ1v) is 15.2. The molecule has 4 amide bonds. The third-order valence-corrected chi connectivity index (χ3v) is 11.2. The summed E-state index contributed by atoms with van der Waals surface area (Å²) in [7, 11) is 1.22. The number of phenolic OH excluding ortho intramolecular Hbond substituents is 1. The molecule has 3 fully saturated rings. The fourth-order valence-electron chi connectivity index (χ4n) is 7.72. The number of fused-ring (bicyclic) bond motifs is 4. The normalized spacial score (nSPS) is 29.5. The van der Waals surface area contributed by atoms with Crippen LogP contribution < -0.4 is 14.5 Å². The van der Waals surface area contributed by atoms with Crippen LogP contribution in [0.25, 0.3) is 0 Å². The number of allylic oxidation sites excluding steroid dienone is 2. The van der Waals surface area contributed by atoms with Crippen molar-refractivity contribution in [3.8, 4) is 11.5 Å². The molecule has 0 spiro atoms. The molecule has 15 heteroatoms. The molecule has 0 aromatic heterocycles. The standard InChI is InChI=1S/C33H21Cl2F5N2O6/c1-48-18-9-5-8-17(43)20(18)21-14-10-11-15-19(29(45)41(28(15)44)13-6-3-2-4-7-13)16(14)12-32(34)30(46)42(31(47)33(21,32)35)27-25(39)23(37)22(36)24(38)26(27)40/h2-10,15-16,19,21,43H,11-12H2,1H3/t15-,16+,19-,21+,32+,33-/m0/s1. The van der Waals surface area contributed by atoms with Crippen LogP contribution in [0.2, 0.25) is 0 Å². The maximum atomic E-state index is 15.2. The zero-order valence-electron chi connectivity index (χ0n) is 24.4. The summed E-state index contributed by atoms with van der Waals surface area (Å²) in [6.45, 7) is 0. The number of rotatable bonds is 4. The molecule has 3 aromatic carbocycles. The molecule has 2 saturated heterocycles. The molecule has 6 atom stereocenters. The summed E-state index contributed by atoms with van der Waals surface area (Å²) in [4.78, 5) is 51.6. The molecule has 0 unspecified atom stereocenters. The molecule has 48 heavy (non-hydrogen) atoms. The Labute approximate surface area is 278 Å². The first-order valence-electron chi connectivity index (χ1n) is 14.5. The van der Waals surface area contributed by atoms with E-state index in [4.69, 9.17) is 27.9 Å². The van der Waals surface area contributed by atoms with Crippen LogP contribution in [0.5, 0.6) is 11.5 Å². The molecule has 2 heterocycles. The minimum absolute atomic E-state index is 0.0530. The van der Waals surface area contributed by atoms with Gasteiger partial charge in [0.05, 0.1) is 24.6 Å². The molecule has 1 N–H and O–H groups in total. The van der Waals surface area contributed by atoms with Gasteiger partial charge in [0.2, 0.25) is 17.6 Å². The Morgan fingerprint density at radius 2 is 1.42 bits per heavy atom. The van der Waals surface area contributed by atoms with Crippen LogP contribution in [-0.2, 0) is 19.2 Å². The topological polar surface area (TPSA) is 104 Å². The molecule has 8 nitrogen and oxygen atoms in total. The van der Waals surface area contributed by atoms with Gasteiger partial charge in [-0.2, -0.15) is 0 Å². The fourth-order valence-corrected chi connectivity index (χ4v) is 8.63. The van der Waals surface area contributed by atoms with E-state index in [2.05, 4.69) is 0 Å². The number of hydrogen-bond donors (Lipinski definition) is 1. The average molecular weight is 707 g/mol. The van der Waals surface area contributed by atoms with Crippen molar-refractivity contribution in [2.24, 2.45) is 17.8 Å². The molecule has 4 aliphatic rings. The molecule has 2 aliphatic carbocycles. The number of nitrogens with zero attached hydrogens (tertiary/aromatic N) is 2. The summed E-state index contributed by atoms with van der Waals surface area (Å²) in [5, 5.41) is 11.2. The van der Waals surface area contributed by atoms with E-state index in [0.717, 1.165) is 4.90 Å². The lowest BCUT2D eigenvalue weighted by Crippen LogP contribution is -2.60. The van der Waals surface area contributed by atoms with Crippen LogP contribution in [0.3, 0.4) is 0 Å². The Bertz CT molecular complexity index is 1980. The third-order valence-electron chi connectivity index (χ3n) is 9.79. The van der Waals surface area contributed by atoms with E-state index in [1.54, 1.807) is 30.3 Å². The molecular formula is C33H21Cl2F5N2O6. The number of methoxy groups -OCH3 is 1. The van der Waals surface area contributed by atoms with Gasteiger partial charge >= 0.3 is 0 Å². The first-order chi connectivity index (χ1) is 22.7. The monoisotopic (exact) mass is 706 g/mol. The number of alkyl halides is 2. The summed E-state index contributed by atoms with van der Waals surface area (Å²) >= 11 is 14.2. The molecular weight excluding hydrogens is 686 g/mol. The number of carbonyl (C=O) groups excluding carboxylic acids is 4. The Morgan fingerprint density at radius 1 is 0.792 bits per heavy atom. The van der Waals surface area contributed by atoms with Crippen molar-refractivity contribution in [2.75, 3.05) is 16.9 Å². The molecule has 248 valence electrons. The largest absolute Gasteiger partial charge is 0.508 e. The molecule has 2 aliphatic heterocycles. The lowest BCUT2D eigenvalue weighted by Gasteiger charge is -2.50. The van der Waals surface area contributed by atoms with Gasteiger partial charge in [-0.05, 0) is 43.0 Å². The highest BCUT2D eigenvalue weighted by atomic mass is 35.5. The van der Waals surface area contributed by atoms with Crippen molar-refractivity contribution in [3.63, 3.8) is 0 Å². The second-order valence-corrected chi connectivity index (χ2v) is 13.2. The van der Waals surface area contributed by atoms with E-state index in [9.17, 15) is 37.5 Å². The predicted molar refractivity (Wildman–Crippen MR) is 160 cm³/mol. The number of amides is 4. The summed E-state index contributed by atoms with van der Waals surface area (Å²) < 4.78 is 78.6. The number of phenols is 1. The average Bonchev–Trinajstić information content (AvgIpc) is 3.41. The first kappa shape index (κ1) is 32.1. The number of imide groups is 2. The highest BCUT2D eigenvalue weighted by molar-refractivity contribution is 6.58. The van der Waals surface area contributed by atoms with Gasteiger partial charge in [0.15, 0.2) is 33.0 Å². The summed E-state index contributed by atoms with van der Waals surface area (Å²) in [5.41, 5.74) is -1.64. The number of ether oxygens (including phenoxy) is 1. The zero-order chi connectivity index (χ0) is 34.6. The molecule has 0 bridgehead atoms. The van der Waals surface area contributed by atoms with Crippen LogP contribution >= 0.6 is 23.2 Å². The number of aromatic hydroxyl groups is 1. The zero-order valence-corrected chi connectivity index (χ0v) is 26.0. The van der Waals surface area contributed by atoms with Gasteiger partial charge in [-0.1, -0.05) is 35.9 Å². The minimum Gasteiger partial charge on any atom is -0.508 e. The van der Waals surface area contributed by atoms with Crippen LogP contribution in [0, 0.1) is 46.8 Å². The van der Waals surface area contributed by atoms with Gasteiger partial charge in [0.25, 0.3) is 11.8 Å². The van der Waals surface area contributed by atoms with Gasteiger partial charge in [-0.15, -0.1) is 23.2 Å². The van der Waals surface area contributed by atoms with Crippen LogP contribution in [-0.4, -0.2) is 45.6 Å². The van der Waals surface area contributed by atoms with E-state index in [1.165, 1.54) is 31.4 Å². The van der Waals surface area contributed by atoms with E-state index in [0.29, 0.717) is 0 Å². The Balaban J connectivity index is 1.47. The van der Waals surface area contributed by atoms with Crippen molar-refractivity contribution in [1.29, 1.82) is 0 Å². The summed E-state index contributed by atoms with van der Waals surface area (Å²) in [6, 6.07) is 12.0. The second kappa shape index (κ2) is 10.8. The van der Waals surface area contributed by atoms with E-state index < -0.39 is 104 Å².